The molecule has 4 nitrogen and oxygen atoms in total. The van der Waals surface area contributed by atoms with Crippen LogP contribution in [0.5, 0.6) is 0 Å². The van der Waals surface area contributed by atoms with Crippen molar-refractivity contribution >= 4 is 18.2 Å². The molecule has 0 aliphatic carbocycles. The molecule has 1 N–H and O–H groups in total. The molecule has 0 bridgehead atoms. The van der Waals surface area contributed by atoms with Crippen LogP contribution in [-0.2, 0) is 4.74 Å². The highest BCUT2D eigenvalue weighted by atomic mass is 16.6. The molecule has 0 saturated heterocycles. The highest BCUT2D eigenvalue weighted by molar-refractivity contribution is 5.79. The molecule has 104 valence electrons. The number of carbonyl (C=O) groups is 1. The molecule has 0 aliphatic heterocycles. The second kappa shape index (κ2) is 5.45. The summed E-state index contributed by atoms with van der Waals surface area (Å²) in [5, 5.41) is 9.74. The molecule has 0 spiro atoms. The molecule has 0 amide bonds. The van der Waals surface area contributed by atoms with Crippen molar-refractivity contribution in [3.05, 3.63) is 36.2 Å². The summed E-state index contributed by atoms with van der Waals surface area (Å²) in [6.45, 7) is 14.4. The Morgan fingerprint density at radius 2 is 2.00 bits per heavy atom. The molecule has 1 rings (SSSR count). The smallest absolute Gasteiger partial charge is 0.419 e. The van der Waals surface area contributed by atoms with E-state index in [1.54, 1.807) is 46.0 Å². The van der Waals surface area contributed by atoms with Crippen molar-refractivity contribution in [1.29, 1.82) is 0 Å². The van der Waals surface area contributed by atoms with Crippen molar-refractivity contribution < 1.29 is 14.6 Å². The first-order valence-corrected chi connectivity index (χ1v) is 6.12. The quantitative estimate of drug-likeness (QED) is 0.906. The van der Waals surface area contributed by atoms with Gasteiger partial charge in [-0.15, -0.1) is 0 Å². The van der Waals surface area contributed by atoms with E-state index < -0.39 is 17.8 Å². The van der Waals surface area contributed by atoms with Gasteiger partial charge in [0.15, 0.2) is 0 Å². The summed E-state index contributed by atoms with van der Waals surface area (Å²) < 4.78 is 6.66. The van der Waals surface area contributed by atoms with Gasteiger partial charge in [0, 0.05) is 17.3 Å². The molecule has 0 aromatic carbocycles. The highest BCUT2D eigenvalue weighted by Crippen LogP contribution is 2.26. The fourth-order valence-corrected chi connectivity index (χ4v) is 1.78. The molecule has 1 atom stereocenters. The van der Waals surface area contributed by atoms with Crippen LogP contribution in [-0.4, -0.2) is 21.4 Å². The van der Waals surface area contributed by atoms with Gasteiger partial charge in [-0.2, -0.15) is 0 Å². The van der Waals surface area contributed by atoms with E-state index in [0.717, 1.165) is 0 Å². The lowest BCUT2D eigenvalue weighted by Gasteiger charge is -2.20. The molecule has 0 fully saturated rings. The van der Waals surface area contributed by atoms with Gasteiger partial charge in [-0.3, -0.25) is 4.57 Å². The molecule has 19 heavy (non-hydrogen) atoms. The lowest BCUT2D eigenvalue weighted by molar-refractivity contribution is 0.0536. The van der Waals surface area contributed by atoms with Gasteiger partial charge in [0.1, 0.15) is 5.60 Å². The lowest BCUT2D eigenvalue weighted by Crippen LogP contribution is -2.27. The fraction of sp³-hybridized carbons (Fsp3) is 0.400. The van der Waals surface area contributed by atoms with E-state index in [9.17, 15) is 9.90 Å². The van der Waals surface area contributed by atoms with Crippen LogP contribution in [0.25, 0.3) is 12.2 Å². The molecular formula is C15H21NO3. The second-order valence-electron chi connectivity index (χ2n) is 5.32. The Labute approximate surface area is 114 Å². The number of rotatable bonds is 3. The normalized spacial score (nSPS) is 12.9. The van der Waals surface area contributed by atoms with Crippen LogP contribution in [0.3, 0.4) is 0 Å². The summed E-state index contributed by atoms with van der Waals surface area (Å²) in [5.41, 5.74) is 1.30. The standard InChI is InChI=1S/C15H21NO3/c1-7-11-12(10(3)17)9-16(13(11)8-2)14(18)19-15(4,5)6/h7-10,17H,1-2H2,3-6H3. The van der Waals surface area contributed by atoms with Gasteiger partial charge >= 0.3 is 6.09 Å². The van der Waals surface area contributed by atoms with E-state index >= 15 is 0 Å². The van der Waals surface area contributed by atoms with Crippen molar-refractivity contribution in [3.8, 4) is 0 Å². The Morgan fingerprint density at radius 1 is 1.42 bits per heavy atom. The van der Waals surface area contributed by atoms with Crippen LogP contribution in [0, 0.1) is 0 Å². The van der Waals surface area contributed by atoms with E-state index in [-0.39, 0.29) is 0 Å². The van der Waals surface area contributed by atoms with Gasteiger partial charge in [-0.05, 0) is 33.8 Å². The van der Waals surface area contributed by atoms with Gasteiger partial charge in [-0.1, -0.05) is 19.2 Å². The number of ether oxygens (including phenoxy) is 1. The number of hydrogen-bond donors (Lipinski definition) is 1. The van der Waals surface area contributed by atoms with Crippen molar-refractivity contribution in [3.63, 3.8) is 0 Å². The summed E-state index contributed by atoms with van der Waals surface area (Å²) in [7, 11) is 0. The predicted molar refractivity (Wildman–Crippen MR) is 76.9 cm³/mol. The average molecular weight is 263 g/mol. The summed E-state index contributed by atoms with van der Waals surface area (Å²) in [6.07, 6.45) is 3.51. The number of aromatic nitrogens is 1. The Kier molecular flexibility index (Phi) is 4.37. The molecule has 0 saturated carbocycles. The lowest BCUT2D eigenvalue weighted by atomic mass is 10.1. The summed E-state index contributed by atoms with van der Waals surface area (Å²) in [6, 6.07) is 0. The monoisotopic (exact) mass is 263 g/mol. The Bertz CT molecular complexity index is 504. The van der Waals surface area contributed by atoms with E-state index in [0.29, 0.717) is 16.8 Å². The van der Waals surface area contributed by atoms with Crippen molar-refractivity contribution in [2.45, 2.75) is 39.4 Å². The maximum Gasteiger partial charge on any atom is 0.419 e. The zero-order valence-electron chi connectivity index (χ0n) is 11.9. The minimum absolute atomic E-state index is 0.502. The van der Waals surface area contributed by atoms with E-state index in [1.807, 2.05) is 0 Å². The first-order valence-electron chi connectivity index (χ1n) is 6.12. The number of carbonyl (C=O) groups excluding carboxylic acids is 1. The van der Waals surface area contributed by atoms with Gasteiger partial charge in [-0.25, -0.2) is 4.79 Å². The molecule has 4 heteroatoms. The summed E-state index contributed by atoms with van der Waals surface area (Å²) in [5.74, 6) is 0. The molecule has 0 radical (unpaired) electrons. The van der Waals surface area contributed by atoms with E-state index in [2.05, 4.69) is 13.2 Å². The van der Waals surface area contributed by atoms with Crippen LogP contribution in [0.2, 0.25) is 0 Å². The first-order chi connectivity index (χ1) is 8.71. The maximum atomic E-state index is 12.1. The molecule has 0 aliphatic rings. The van der Waals surface area contributed by atoms with Gasteiger partial charge in [0.2, 0.25) is 0 Å². The van der Waals surface area contributed by atoms with E-state index in [1.165, 1.54) is 4.57 Å². The molecule has 1 unspecified atom stereocenters. The topological polar surface area (TPSA) is 51.5 Å². The minimum Gasteiger partial charge on any atom is -0.443 e. The minimum atomic E-state index is -0.699. The van der Waals surface area contributed by atoms with Crippen molar-refractivity contribution in [1.82, 2.24) is 4.57 Å². The van der Waals surface area contributed by atoms with Crippen LogP contribution < -0.4 is 0 Å². The van der Waals surface area contributed by atoms with Gasteiger partial charge in [0.25, 0.3) is 0 Å². The zero-order chi connectivity index (χ0) is 14.8. The third-order valence-corrected chi connectivity index (χ3v) is 2.55. The highest BCUT2D eigenvalue weighted by Gasteiger charge is 2.23. The third-order valence-electron chi connectivity index (χ3n) is 2.55. The zero-order valence-corrected chi connectivity index (χ0v) is 11.9. The SMILES string of the molecule is C=Cc1c(C(C)O)cn(C(=O)OC(C)(C)C)c1C=C. The Balaban J connectivity index is 3.32. The summed E-state index contributed by atoms with van der Waals surface area (Å²) in [4.78, 5) is 12.1. The molecular weight excluding hydrogens is 242 g/mol. The predicted octanol–water partition coefficient (Wildman–Crippen LogP) is 3.61. The Hall–Kier alpha value is -1.81. The van der Waals surface area contributed by atoms with Gasteiger partial charge in [0.05, 0.1) is 11.8 Å². The largest absolute Gasteiger partial charge is 0.443 e. The van der Waals surface area contributed by atoms with Crippen molar-refractivity contribution in [2.24, 2.45) is 0 Å². The molecule has 1 aromatic rings. The fourth-order valence-electron chi connectivity index (χ4n) is 1.78. The maximum absolute atomic E-state index is 12.1. The van der Waals surface area contributed by atoms with Gasteiger partial charge < -0.3 is 9.84 Å². The second-order valence-corrected chi connectivity index (χ2v) is 5.32. The van der Waals surface area contributed by atoms with Crippen LogP contribution in [0.15, 0.2) is 19.4 Å². The summed E-state index contributed by atoms with van der Waals surface area (Å²) >= 11 is 0. The molecule has 1 heterocycles. The number of nitrogens with zero attached hydrogens (tertiary/aromatic N) is 1. The molecule has 1 aromatic heterocycles. The first kappa shape index (κ1) is 15.2. The number of aliphatic hydroxyl groups is 1. The Morgan fingerprint density at radius 3 is 2.37 bits per heavy atom. The number of hydrogen-bond acceptors (Lipinski definition) is 3. The average Bonchev–Trinajstić information content (AvgIpc) is 2.64. The number of aliphatic hydroxyl groups excluding tert-OH is 1. The van der Waals surface area contributed by atoms with Crippen LogP contribution >= 0.6 is 0 Å². The van der Waals surface area contributed by atoms with E-state index in [4.69, 9.17) is 4.74 Å². The third kappa shape index (κ3) is 3.35. The van der Waals surface area contributed by atoms with Crippen molar-refractivity contribution in [2.75, 3.05) is 0 Å². The van der Waals surface area contributed by atoms with Crippen LogP contribution in [0.1, 0.15) is 50.6 Å². The van der Waals surface area contributed by atoms with Crippen LogP contribution in [0.4, 0.5) is 4.79 Å².